The number of rotatable bonds is 3. The summed E-state index contributed by atoms with van der Waals surface area (Å²) >= 11 is 0. The summed E-state index contributed by atoms with van der Waals surface area (Å²) in [6, 6.07) is 5.81. The predicted octanol–water partition coefficient (Wildman–Crippen LogP) is 1.50. The number of hydrogen-bond acceptors (Lipinski definition) is 2. The van der Waals surface area contributed by atoms with Gasteiger partial charge in [0.2, 0.25) is 5.54 Å². The van der Waals surface area contributed by atoms with Gasteiger partial charge in [0.25, 0.3) is 6.43 Å². The molecule has 1 unspecified atom stereocenters. The molecule has 0 aliphatic heterocycles. The number of aliphatic carboxylic acids is 1. The molecule has 3 N–H and O–H groups in total. The molecule has 0 saturated heterocycles. The van der Waals surface area contributed by atoms with Crippen molar-refractivity contribution in [3.8, 4) is 0 Å². The average molecular weight is 215 g/mol. The van der Waals surface area contributed by atoms with E-state index in [-0.39, 0.29) is 5.56 Å². The molecule has 0 aliphatic carbocycles. The van der Waals surface area contributed by atoms with E-state index in [2.05, 4.69) is 0 Å². The lowest BCUT2D eigenvalue weighted by atomic mass is 9.90. The first-order chi connectivity index (χ1) is 6.89. The standard InChI is InChI=1S/C10H11F2NO2/c1-6-3-2-4-7(5-6)10(13,8(11)12)9(14)15/h2-5,8H,13H2,1H3,(H,14,15). The van der Waals surface area contributed by atoms with Gasteiger partial charge in [-0.1, -0.05) is 29.8 Å². The summed E-state index contributed by atoms with van der Waals surface area (Å²) in [6.45, 7) is 1.68. The Balaban J connectivity index is 3.28. The Hall–Kier alpha value is -1.49. The minimum Gasteiger partial charge on any atom is -0.479 e. The predicted molar refractivity (Wildman–Crippen MR) is 50.7 cm³/mol. The van der Waals surface area contributed by atoms with Crippen LogP contribution in [0.25, 0.3) is 0 Å². The second-order valence-electron chi connectivity index (χ2n) is 3.34. The van der Waals surface area contributed by atoms with E-state index >= 15 is 0 Å². The zero-order valence-electron chi connectivity index (χ0n) is 8.08. The highest BCUT2D eigenvalue weighted by atomic mass is 19.3. The first-order valence-electron chi connectivity index (χ1n) is 4.26. The summed E-state index contributed by atoms with van der Waals surface area (Å²) in [5.74, 6) is -1.73. The third kappa shape index (κ3) is 1.97. The molecular formula is C10H11F2NO2. The van der Waals surface area contributed by atoms with Crippen LogP contribution in [0.1, 0.15) is 11.1 Å². The van der Waals surface area contributed by atoms with Crippen LogP contribution in [0.15, 0.2) is 24.3 Å². The van der Waals surface area contributed by atoms with Gasteiger partial charge >= 0.3 is 5.97 Å². The first-order valence-corrected chi connectivity index (χ1v) is 4.26. The summed E-state index contributed by atoms with van der Waals surface area (Å²) in [5.41, 5.74) is 3.18. The van der Waals surface area contributed by atoms with E-state index in [1.54, 1.807) is 13.0 Å². The molecular weight excluding hydrogens is 204 g/mol. The van der Waals surface area contributed by atoms with Crippen LogP contribution in [0.3, 0.4) is 0 Å². The highest BCUT2D eigenvalue weighted by Gasteiger charge is 2.45. The Morgan fingerprint density at radius 1 is 1.53 bits per heavy atom. The smallest absolute Gasteiger partial charge is 0.334 e. The molecule has 0 saturated carbocycles. The van der Waals surface area contributed by atoms with Crippen molar-refractivity contribution in [1.29, 1.82) is 0 Å². The maximum absolute atomic E-state index is 12.6. The SMILES string of the molecule is Cc1cccc(C(N)(C(=O)O)C(F)F)c1. The van der Waals surface area contributed by atoms with Gasteiger partial charge in [-0.05, 0) is 12.5 Å². The number of carboxylic acids is 1. The van der Waals surface area contributed by atoms with Gasteiger partial charge < -0.3 is 10.8 Å². The zero-order chi connectivity index (χ0) is 11.6. The van der Waals surface area contributed by atoms with E-state index in [0.717, 1.165) is 0 Å². The summed E-state index contributed by atoms with van der Waals surface area (Å²) in [6.07, 6.45) is -3.16. The van der Waals surface area contributed by atoms with Crippen molar-refractivity contribution in [3.63, 3.8) is 0 Å². The topological polar surface area (TPSA) is 63.3 Å². The third-order valence-corrected chi connectivity index (χ3v) is 2.19. The second-order valence-corrected chi connectivity index (χ2v) is 3.34. The van der Waals surface area contributed by atoms with E-state index in [9.17, 15) is 13.6 Å². The number of nitrogens with two attached hydrogens (primary N) is 1. The van der Waals surface area contributed by atoms with Gasteiger partial charge in [-0.25, -0.2) is 13.6 Å². The molecule has 0 fully saturated rings. The maximum atomic E-state index is 12.6. The quantitative estimate of drug-likeness (QED) is 0.803. The molecule has 0 heterocycles. The lowest BCUT2D eigenvalue weighted by Crippen LogP contribution is -2.51. The van der Waals surface area contributed by atoms with Crippen molar-refractivity contribution in [3.05, 3.63) is 35.4 Å². The highest BCUT2D eigenvalue weighted by Crippen LogP contribution is 2.26. The number of carboxylic acid groups (broad SMARTS) is 1. The molecule has 3 nitrogen and oxygen atoms in total. The summed E-state index contributed by atoms with van der Waals surface area (Å²) in [7, 11) is 0. The largest absolute Gasteiger partial charge is 0.479 e. The fourth-order valence-electron chi connectivity index (χ4n) is 1.25. The van der Waals surface area contributed by atoms with E-state index in [0.29, 0.717) is 5.56 Å². The zero-order valence-corrected chi connectivity index (χ0v) is 8.08. The molecule has 0 spiro atoms. The summed E-state index contributed by atoms with van der Waals surface area (Å²) < 4.78 is 25.3. The van der Waals surface area contributed by atoms with Gasteiger partial charge in [-0.2, -0.15) is 0 Å². The monoisotopic (exact) mass is 215 g/mol. The molecule has 0 amide bonds. The van der Waals surface area contributed by atoms with E-state index < -0.39 is 17.9 Å². The Bertz CT molecular complexity index is 381. The van der Waals surface area contributed by atoms with Crippen molar-refractivity contribution >= 4 is 5.97 Å². The fourth-order valence-corrected chi connectivity index (χ4v) is 1.25. The van der Waals surface area contributed by atoms with Crippen LogP contribution in [0.4, 0.5) is 8.78 Å². The lowest BCUT2D eigenvalue weighted by molar-refractivity contribution is -0.150. The van der Waals surface area contributed by atoms with Gasteiger partial charge in [0.1, 0.15) is 0 Å². The van der Waals surface area contributed by atoms with Crippen molar-refractivity contribution in [2.24, 2.45) is 5.73 Å². The molecule has 1 aromatic carbocycles. The number of halogens is 2. The fraction of sp³-hybridized carbons (Fsp3) is 0.300. The van der Waals surface area contributed by atoms with Gasteiger partial charge in [0, 0.05) is 0 Å². The summed E-state index contributed by atoms with van der Waals surface area (Å²) in [4.78, 5) is 10.8. The second kappa shape index (κ2) is 3.94. The molecule has 1 atom stereocenters. The van der Waals surface area contributed by atoms with E-state index in [4.69, 9.17) is 10.8 Å². The molecule has 1 aromatic rings. The molecule has 15 heavy (non-hydrogen) atoms. The lowest BCUT2D eigenvalue weighted by Gasteiger charge is -2.24. The number of carbonyl (C=O) groups is 1. The van der Waals surface area contributed by atoms with Crippen molar-refractivity contribution in [2.75, 3.05) is 0 Å². The number of aryl methyl sites for hydroxylation is 1. The molecule has 1 rings (SSSR count). The van der Waals surface area contributed by atoms with Gasteiger partial charge in [-0.15, -0.1) is 0 Å². The minimum absolute atomic E-state index is 0.0926. The van der Waals surface area contributed by atoms with Gasteiger partial charge in [0.05, 0.1) is 0 Å². The van der Waals surface area contributed by atoms with Crippen molar-refractivity contribution in [2.45, 2.75) is 18.9 Å². The Labute approximate surface area is 85.5 Å². The van der Waals surface area contributed by atoms with Gasteiger partial charge in [-0.3, -0.25) is 0 Å². The first kappa shape index (κ1) is 11.6. The van der Waals surface area contributed by atoms with Crippen LogP contribution in [-0.4, -0.2) is 17.5 Å². The van der Waals surface area contributed by atoms with Crippen LogP contribution in [0, 0.1) is 6.92 Å². The molecule has 0 aliphatic rings. The number of alkyl halides is 2. The van der Waals surface area contributed by atoms with Crippen LogP contribution in [0.2, 0.25) is 0 Å². The molecule has 82 valence electrons. The van der Waals surface area contributed by atoms with E-state index in [1.165, 1.54) is 18.2 Å². The minimum atomic E-state index is -3.16. The number of benzene rings is 1. The molecule has 5 heteroatoms. The molecule has 0 radical (unpaired) electrons. The van der Waals surface area contributed by atoms with E-state index in [1.807, 2.05) is 0 Å². The highest BCUT2D eigenvalue weighted by molar-refractivity contribution is 5.81. The van der Waals surface area contributed by atoms with Crippen molar-refractivity contribution < 1.29 is 18.7 Å². The molecule has 0 aromatic heterocycles. The maximum Gasteiger partial charge on any atom is 0.334 e. The van der Waals surface area contributed by atoms with Crippen LogP contribution in [0.5, 0.6) is 0 Å². The normalized spacial score (nSPS) is 15.0. The van der Waals surface area contributed by atoms with Gasteiger partial charge in [0.15, 0.2) is 0 Å². The molecule has 0 bridgehead atoms. The summed E-state index contributed by atoms with van der Waals surface area (Å²) in [5, 5.41) is 8.74. The van der Waals surface area contributed by atoms with Crippen LogP contribution >= 0.6 is 0 Å². The Kier molecular flexibility index (Phi) is 3.04. The Morgan fingerprint density at radius 3 is 2.53 bits per heavy atom. The Morgan fingerprint density at radius 2 is 2.13 bits per heavy atom. The third-order valence-electron chi connectivity index (χ3n) is 2.19. The van der Waals surface area contributed by atoms with Crippen LogP contribution < -0.4 is 5.73 Å². The van der Waals surface area contributed by atoms with Crippen LogP contribution in [-0.2, 0) is 10.3 Å². The number of hydrogen-bond donors (Lipinski definition) is 2. The average Bonchev–Trinajstić information content (AvgIpc) is 2.15. The van der Waals surface area contributed by atoms with Crippen molar-refractivity contribution in [1.82, 2.24) is 0 Å².